The Morgan fingerprint density at radius 3 is 2.37 bits per heavy atom. The van der Waals surface area contributed by atoms with Crippen LogP contribution in [-0.4, -0.2) is 16.3 Å². The van der Waals surface area contributed by atoms with Gasteiger partial charge in [-0.25, -0.2) is 9.07 Å². The smallest absolute Gasteiger partial charge is 0.123 e. The minimum atomic E-state index is -0.230. The Balaban J connectivity index is 2.53. The van der Waals surface area contributed by atoms with Crippen molar-refractivity contribution in [2.24, 2.45) is 5.73 Å². The third kappa shape index (κ3) is 2.68. The van der Waals surface area contributed by atoms with Crippen LogP contribution in [0.2, 0.25) is 0 Å². The number of aromatic nitrogens is 2. The highest BCUT2D eigenvalue weighted by atomic mass is 19.1. The summed E-state index contributed by atoms with van der Waals surface area (Å²) in [6, 6.07) is 6.44. The zero-order valence-corrected chi connectivity index (χ0v) is 11.5. The maximum absolute atomic E-state index is 13.0. The van der Waals surface area contributed by atoms with Crippen LogP contribution in [0.15, 0.2) is 24.3 Å². The Morgan fingerprint density at radius 1 is 1.16 bits per heavy atom. The van der Waals surface area contributed by atoms with Crippen LogP contribution in [0.1, 0.15) is 30.8 Å². The molecule has 0 spiro atoms. The van der Waals surface area contributed by atoms with Crippen molar-refractivity contribution in [3.63, 3.8) is 0 Å². The molecule has 0 atom stereocenters. The van der Waals surface area contributed by atoms with E-state index in [1.807, 2.05) is 4.68 Å². The molecule has 3 nitrogen and oxygen atoms in total. The molecule has 19 heavy (non-hydrogen) atoms. The van der Waals surface area contributed by atoms with Crippen LogP contribution in [-0.2, 0) is 19.3 Å². The maximum Gasteiger partial charge on any atom is 0.123 e. The fourth-order valence-corrected chi connectivity index (χ4v) is 2.41. The van der Waals surface area contributed by atoms with Crippen LogP contribution in [0.4, 0.5) is 4.39 Å². The van der Waals surface area contributed by atoms with Crippen molar-refractivity contribution in [1.82, 2.24) is 9.78 Å². The van der Waals surface area contributed by atoms with E-state index in [0.29, 0.717) is 6.54 Å². The summed E-state index contributed by atoms with van der Waals surface area (Å²) in [4.78, 5) is 0. The number of hydrogen-bond acceptors (Lipinski definition) is 2. The van der Waals surface area contributed by atoms with Crippen LogP contribution in [0.3, 0.4) is 0 Å². The van der Waals surface area contributed by atoms with Crippen molar-refractivity contribution in [2.45, 2.75) is 33.1 Å². The summed E-state index contributed by atoms with van der Waals surface area (Å²) in [5.74, 6) is -0.230. The number of hydrogen-bond donors (Lipinski definition) is 1. The summed E-state index contributed by atoms with van der Waals surface area (Å²) in [7, 11) is 0. The van der Waals surface area contributed by atoms with E-state index in [9.17, 15) is 4.39 Å². The molecule has 2 N–H and O–H groups in total. The first kappa shape index (κ1) is 13.7. The molecule has 0 aliphatic carbocycles. The monoisotopic (exact) mass is 261 g/mol. The first-order chi connectivity index (χ1) is 9.21. The van der Waals surface area contributed by atoms with Gasteiger partial charge in [-0.15, -0.1) is 0 Å². The standard InChI is InChI=1S/C15H20FN3/c1-3-14-13(9-10-17)15(4-2)19(18-14)12-7-5-11(16)6-8-12/h5-8H,3-4,9-10,17H2,1-2H3. The van der Waals surface area contributed by atoms with Gasteiger partial charge in [0.05, 0.1) is 11.4 Å². The number of nitrogens with zero attached hydrogens (tertiary/aromatic N) is 2. The molecule has 1 heterocycles. The number of aryl methyl sites for hydroxylation is 1. The maximum atomic E-state index is 13.0. The predicted molar refractivity (Wildman–Crippen MR) is 75.0 cm³/mol. The lowest BCUT2D eigenvalue weighted by atomic mass is 10.1. The van der Waals surface area contributed by atoms with Gasteiger partial charge in [0.2, 0.25) is 0 Å². The van der Waals surface area contributed by atoms with Gasteiger partial charge in [0.15, 0.2) is 0 Å². The van der Waals surface area contributed by atoms with Gasteiger partial charge in [-0.1, -0.05) is 13.8 Å². The molecule has 102 valence electrons. The van der Waals surface area contributed by atoms with Crippen molar-refractivity contribution in [1.29, 1.82) is 0 Å². The van der Waals surface area contributed by atoms with Crippen molar-refractivity contribution in [3.05, 3.63) is 47.0 Å². The van der Waals surface area contributed by atoms with Crippen LogP contribution in [0.5, 0.6) is 0 Å². The molecule has 4 heteroatoms. The first-order valence-corrected chi connectivity index (χ1v) is 6.76. The molecule has 0 saturated heterocycles. The van der Waals surface area contributed by atoms with Gasteiger partial charge in [-0.05, 0) is 55.6 Å². The number of benzene rings is 1. The van der Waals surface area contributed by atoms with E-state index in [-0.39, 0.29) is 5.82 Å². The van der Waals surface area contributed by atoms with E-state index in [1.54, 1.807) is 12.1 Å². The van der Waals surface area contributed by atoms with Gasteiger partial charge in [-0.2, -0.15) is 5.10 Å². The molecule has 0 aliphatic heterocycles. The van der Waals surface area contributed by atoms with Gasteiger partial charge in [0.1, 0.15) is 5.82 Å². The minimum absolute atomic E-state index is 0.230. The molecule has 0 amide bonds. The SMILES string of the molecule is CCc1nn(-c2ccc(F)cc2)c(CC)c1CCN. The van der Waals surface area contributed by atoms with Gasteiger partial charge in [0.25, 0.3) is 0 Å². The highest BCUT2D eigenvalue weighted by molar-refractivity contribution is 5.38. The molecule has 1 aromatic heterocycles. The fourth-order valence-electron chi connectivity index (χ4n) is 2.41. The Kier molecular flexibility index (Phi) is 4.32. The van der Waals surface area contributed by atoms with Crippen LogP contribution < -0.4 is 5.73 Å². The summed E-state index contributed by atoms with van der Waals surface area (Å²) < 4.78 is 14.9. The van der Waals surface area contributed by atoms with E-state index in [0.717, 1.165) is 30.6 Å². The third-order valence-corrected chi connectivity index (χ3v) is 3.31. The van der Waals surface area contributed by atoms with Gasteiger partial charge < -0.3 is 5.73 Å². The highest BCUT2D eigenvalue weighted by Gasteiger charge is 2.15. The second-order valence-electron chi connectivity index (χ2n) is 4.51. The van der Waals surface area contributed by atoms with Crippen molar-refractivity contribution >= 4 is 0 Å². The predicted octanol–water partition coefficient (Wildman–Crippen LogP) is 2.64. The Bertz CT molecular complexity index is 543. The minimum Gasteiger partial charge on any atom is -0.330 e. The Hall–Kier alpha value is -1.68. The Morgan fingerprint density at radius 2 is 1.84 bits per heavy atom. The second-order valence-corrected chi connectivity index (χ2v) is 4.51. The van der Waals surface area contributed by atoms with Crippen LogP contribution in [0.25, 0.3) is 5.69 Å². The van der Waals surface area contributed by atoms with Crippen molar-refractivity contribution in [2.75, 3.05) is 6.54 Å². The van der Waals surface area contributed by atoms with E-state index in [4.69, 9.17) is 5.73 Å². The Labute approximate surface area is 113 Å². The first-order valence-electron chi connectivity index (χ1n) is 6.76. The molecule has 0 unspecified atom stereocenters. The largest absolute Gasteiger partial charge is 0.330 e. The van der Waals surface area contributed by atoms with Crippen LogP contribution in [0, 0.1) is 5.82 Å². The lowest BCUT2D eigenvalue weighted by molar-refractivity contribution is 0.626. The number of rotatable bonds is 5. The molecular formula is C15H20FN3. The fraction of sp³-hybridized carbons (Fsp3) is 0.400. The molecule has 0 radical (unpaired) electrons. The third-order valence-electron chi connectivity index (χ3n) is 3.31. The summed E-state index contributed by atoms with van der Waals surface area (Å²) in [6.07, 6.45) is 2.61. The van der Waals surface area contributed by atoms with E-state index < -0.39 is 0 Å². The van der Waals surface area contributed by atoms with Gasteiger partial charge in [0, 0.05) is 5.69 Å². The molecule has 1 aromatic carbocycles. The molecule has 0 bridgehead atoms. The zero-order valence-electron chi connectivity index (χ0n) is 11.5. The lowest BCUT2D eigenvalue weighted by Gasteiger charge is -2.07. The normalized spacial score (nSPS) is 10.9. The average molecular weight is 261 g/mol. The van der Waals surface area contributed by atoms with Crippen LogP contribution >= 0.6 is 0 Å². The summed E-state index contributed by atoms with van der Waals surface area (Å²) in [5.41, 5.74) is 10.1. The van der Waals surface area contributed by atoms with Gasteiger partial charge >= 0.3 is 0 Å². The molecule has 0 fully saturated rings. The zero-order chi connectivity index (χ0) is 13.8. The van der Waals surface area contributed by atoms with E-state index >= 15 is 0 Å². The second kappa shape index (κ2) is 5.97. The summed E-state index contributed by atoms with van der Waals surface area (Å²) >= 11 is 0. The van der Waals surface area contributed by atoms with E-state index in [1.165, 1.54) is 23.4 Å². The molecule has 0 saturated carbocycles. The summed E-state index contributed by atoms with van der Waals surface area (Å²) in [6.45, 7) is 4.82. The van der Waals surface area contributed by atoms with Crippen molar-refractivity contribution in [3.8, 4) is 5.69 Å². The lowest BCUT2D eigenvalue weighted by Crippen LogP contribution is -2.07. The number of halogens is 1. The quantitative estimate of drug-likeness (QED) is 0.899. The molecule has 2 aromatic rings. The van der Waals surface area contributed by atoms with Crippen molar-refractivity contribution < 1.29 is 4.39 Å². The topological polar surface area (TPSA) is 43.8 Å². The number of nitrogens with two attached hydrogens (primary N) is 1. The highest BCUT2D eigenvalue weighted by Crippen LogP contribution is 2.21. The van der Waals surface area contributed by atoms with Gasteiger partial charge in [-0.3, -0.25) is 0 Å². The molecular weight excluding hydrogens is 241 g/mol. The van der Waals surface area contributed by atoms with E-state index in [2.05, 4.69) is 18.9 Å². The molecule has 2 rings (SSSR count). The molecule has 0 aliphatic rings. The average Bonchev–Trinajstić information content (AvgIpc) is 2.78. The summed E-state index contributed by atoms with van der Waals surface area (Å²) in [5, 5.41) is 4.66.